The average Bonchev–Trinajstić information content (AvgIpc) is 2.22. The van der Waals surface area contributed by atoms with Gasteiger partial charge in [0.25, 0.3) is 0 Å². The second-order valence-corrected chi connectivity index (χ2v) is 4.24. The third-order valence-corrected chi connectivity index (χ3v) is 2.86. The quantitative estimate of drug-likeness (QED) is 0.641. The fourth-order valence-corrected chi connectivity index (χ4v) is 2.14. The number of hydrogen-bond acceptors (Lipinski definition) is 0. The molecule has 0 amide bonds. The summed E-state index contributed by atoms with van der Waals surface area (Å²) in [6.45, 7) is 4.40. The van der Waals surface area contributed by atoms with Gasteiger partial charge in [-0.2, -0.15) is 0 Å². The van der Waals surface area contributed by atoms with E-state index >= 15 is 0 Å². The van der Waals surface area contributed by atoms with Crippen molar-refractivity contribution in [1.29, 1.82) is 0 Å². The third kappa shape index (κ3) is 4.03. The predicted molar refractivity (Wildman–Crippen MR) is 63.4 cm³/mol. The highest BCUT2D eigenvalue weighted by Crippen LogP contribution is 2.20. The van der Waals surface area contributed by atoms with Crippen molar-refractivity contribution in [3.63, 3.8) is 0 Å². The van der Waals surface area contributed by atoms with Crippen LogP contribution in [0.1, 0.15) is 45.1 Å². The van der Waals surface area contributed by atoms with Gasteiger partial charge >= 0.3 is 0 Å². The van der Waals surface area contributed by atoms with Gasteiger partial charge in [-0.15, -0.1) is 0 Å². The molecule has 1 rings (SSSR count). The Morgan fingerprint density at radius 1 is 1.07 bits per heavy atom. The van der Waals surface area contributed by atoms with Gasteiger partial charge in [0.2, 0.25) is 0 Å². The minimum atomic E-state index is -0.0466. The zero-order valence-corrected chi connectivity index (χ0v) is 9.80. The molecule has 0 aliphatic rings. The third-order valence-electron chi connectivity index (χ3n) is 2.86. The van der Waals surface area contributed by atoms with Gasteiger partial charge in [-0.05, 0) is 24.0 Å². The second kappa shape index (κ2) is 6.60. The van der Waals surface area contributed by atoms with Gasteiger partial charge in [-0.25, -0.2) is 4.39 Å². The van der Waals surface area contributed by atoms with Gasteiger partial charge in [0, 0.05) is 0 Å². The molecule has 0 fully saturated rings. The average molecular weight is 208 g/mol. The van der Waals surface area contributed by atoms with Gasteiger partial charge < -0.3 is 0 Å². The lowest BCUT2D eigenvalue weighted by Crippen LogP contribution is -2.05. The molecule has 1 heteroatoms. The van der Waals surface area contributed by atoms with Crippen LogP contribution in [0, 0.1) is 11.7 Å². The molecule has 0 unspecified atom stereocenters. The van der Waals surface area contributed by atoms with Crippen molar-refractivity contribution in [2.45, 2.75) is 46.0 Å². The summed E-state index contributed by atoms with van der Waals surface area (Å²) in [4.78, 5) is 0. The van der Waals surface area contributed by atoms with E-state index in [9.17, 15) is 4.39 Å². The first-order chi connectivity index (χ1) is 7.27. The van der Waals surface area contributed by atoms with E-state index in [4.69, 9.17) is 0 Å². The van der Waals surface area contributed by atoms with Crippen molar-refractivity contribution in [3.8, 4) is 0 Å². The molecule has 0 saturated carbocycles. The summed E-state index contributed by atoms with van der Waals surface area (Å²) in [7, 11) is 0. The Balaban J connectivity index is 2.60. The van der Waals surface area contributed by atoms with Gasteiger partial charge in [-0.3, -0.25) is 0 Å². The van der Waals surface area contributed by atoms with Crippen molar-refractivity contribution in [3.05, 3.63) is 35.6 Å². The molecule has 0 aliphatic carbocycles. The summed E-state index contributed by atoms with van der Waals surface area (Å²) in [6.07, 6.45) is 5.71. The normalized spacial score (nSPS) is 10.9. The molecule has 1 aromatic carbocycles. The predicted octanol–water partition coefficient (Wildman–Crippen LogP) is 4.58. The maximum atomic E-state index is 13.4. The Morgan fingerprint density at radius 2 is 1.67 bits per heavy atom. The number of rotatable bonds is 6. The topological polar surface area (TPSA) is 0 Å². The van der Waals surface area contributed by atoms with Crippen molar-refractivity contribution >= 4 is 0 Å². The highest BCUT2D eigenvalue weighted by atomic mass is 19.1. The molecule has 0 radical (unpaired) electrons. The molecule has 0 bridgehead atoms. The standard InChI is InChI=1S/C14H21F/c1-3-7-12(8-4-2)11-13-9-5-6-10-14(13)15/h5-6,9-10,12H,3-4,7-8,11H2,1-2H3. The van der Waals surface area contributed by atoms with Crippen molar-refractivity contribution in [1.82, 2.24) is 0 Å². The van der Waals surface area contributed by atoms with E-state index < -0.39 is 0 Å². The Bertz CT molecular complexity index is 274. The summed E-state index contributed by atoms with van der Waals surface area (Å²) in [5.41, 5.74) is 0.879. The van der Waals surface area contributed by atoms with Crippen LogP contribution in [0.2, 0.25) is 0 Å². The van der Waals surface area contributed by atoms with Crippen LogP contribution < -0.4 is 0 Å². The first kappa shape index (κ1) is 12.2. The summed E-state index contributed by atoms with van der Waals surface area (Å²) in [6, 6.07) is 7.15. The Labute approximate surface area is 92.5 Å². The summed E-state index contributed by atoms with van der Waals surface area (Å²) < 4.78 is 13.4. The fourth-order valence-electron chi connectivity index (χ4n) is 2.14. The van der Waals surface area contributed by atoms with Gasteiger partial charge in [0.1, 0.15) is 5.82 Å². The fraction of sp³-hybridized carbons (Fsp3) is 0.571. The van der Waals surface area contributed by atoms with E-state index in [1.54, 1.807) is 12.1 Å². The van der Waals surface area contributed by atoms with E-state index in [-0.39, 0.29) is 5.82 Å². The molecular weight excluding hydrogens is 187 g/mol. The zero-order chi connectivity index (χ0) is 11.1. The van der Waals surface area contributed by atoms with E-state index in [1.165, 1.54) is 25.7 Å². The first-order valence-corrected chi connectivity index (χ1v) is 6.01. The Kier molecular flexibility index (Phi) is 5.38. The second-order valence-electron chi connectivity index (χ2n) is 4.24. The lowest BCUT2D eigenvalue weighted by atomic mass is 9.91. The van der Waals surface area contributed by atoms with E-state index in [1.807, 2.05) is 12.1 Å². The molecule has 0 heterocycles. The van der Waals surface area contributed by atoms with E-state index in [0.29, 0.717) is 5.92 Å². The molecule has 15 heavy (non-hydrogen) atoms. The van der Waals surface area contributed by atoms with Gasteiger partial charge in [0.15, 0.2) is 0 Å². The number of hydrogen-bond donors (Lipinski definition) is 0. The number of benzene rings is 1. The highest BCUT2D eigenvalue weighted by Gasteiger charge is 2.10. The molecule has 0 nitrogen and oxygen atoms in total. The largest absolute Gasteiger partial charge is 0.207 e. The van der Waals surface area contributed by atoms with Crippen LogP contribution in [0.5, 0.6) is 0 Å². The lowest BCUT2D eigenvalue weighted by molar-refractivity contribution is 0.430. The van der Waals surface area contributed by atoms with Crippen LogP contribution in [-0.4, -0.2) is 0 Å². The molecule has 0 aliphatic heterocycles. The molecular formula is C14H21F. The Morgan fingerprint density at radius 3 is 2.20 bits per heavy atom. The van der Waals surface area contributed by atoms with Crippen molar-refractivity contribution < 1.29 is 4.39 Å². The minimum Gasteiger partial charge on any atom is -0.207 e. The highest BCUT2D eigenvalue weighted by molar-refractivity contribution is 5.17. The zero-order valence-electron chi connectivity index (χ0n) is 9.80. The van der Waals surface area contributed by atoms with Crippen LogP contribution in [0.15, 0.2) is 24.3 Å². The van der Waals surface area contributed by atoms with Crippen molar-refractivity contribution in [2.75, 3.05) is 0 Å². The van der Waals surface area contributed by atoms with E-state index in [0.717, 1.165) is 12.0 Å². The van der Waals surface area contributed by atoms with Gasteiger partial charge in [0.05, 0.1) is 0 Å². The molecule has 0 spiro atoms. The lowest BCUT2D eigenvalue weighted by Gasteiger charge is -2.15. The molecule has 0 aromatic heterocycles. The Hall–Kier alpha value is -0.850. The number of halogens is 1. The molecule has 84 valence electrons. The van der Waals surface area contributed by atoms with Crippen LogP contribution in [0.4, 0.5) is 4.39 Å². The molecule has 0 atom stereocenters. The summed E-state index contributed by atoms with van der Waals surface area (Å²) in [5, 5.41) is 0. The summed E-state index contributed by atoms with van der Waals surface area (Å²) in [5.74, 6) is 0.603. The molecule has 1 aromatic rings. The van der Waals surface area contributed by atoms with Crippen molar-refractivity contribution in [2.24, 2.45) is 5.92 Å². The SMILES string of the molecule is CCCC(CCC)Cc1ccccc1F. The molecule has 0 saturated heterocycles. The monoisotopic (exact) mass is 208 g/mol. The first-order valence-electron chi connectivity index (χ1n) is 6.01. The van der Waals surface area contributed by atoms with Crippen LogP contribution in [0.3, 0.4) is 0 Å². The van der Waals surface area contributed by atoms with Crippen LogP contribution >= 0.6 is 0 Å². The maximum absolute atomic E-state index is 13.4. The van der Waals surface area contributed by atoms with E-state index in [2.05, 4.69) is 13.8 Å². The van der Waals surface area contributed by atoms with Crippen LogP contribution in [0.25, 0.3) is 0 Å². The smallest absolute Gasteiger partial charge is 0.126 e. The minimum absolute atomic E-state index is 0.0466. The molecule has 0 N–H and O–H groups in total. The van der Waals surface area contributed by atoms with Crippen LogP contribution in [-0.2, 0) is 6.42 Å². The maximum Gasteiger partial charge on any atom is 0.126 e. The summed E-state index contributed by atoms with van der Waals surface area (Å²) >= 11 is 0. The van der Waals surface area contributed by atoms with Gasteiger partial charge in [-0.1, -0.05) is 57.7 Å².